The van der Waals surface area contributed by atoms with Crippen LogP contribution in [-0.2, 0) is 4.79 Å². The Morgan fingerprint density at radius 3 is 2.70 bits per heavy atom. The second-order valence-electron chi connectivity index (χ2n) is 4.37. The predicted octanol–water partition coefficient (Wildman–Crippen LogP) is 4.17. The molecule has 2 N–H and O–H groups in total. The average molecular weight is 276 g/mol. The van der Waals surface area contributed by atoms with Gasteiger partial charge in [0.15, 0.2) is 0 Å². The second kappa shape index (κ2) is 11.2. The Morgan fingerprint density at radius 1 is 1.40 bits per heavy atom. The lowest BCUT2D eigenvalue weighted by molar-refractivity contribution is -0.116. The molecular weight excluding hydrogens is 248 g/mol. The third-order valence-corrected chi connectivity index (χ3v) is 2.90. The molecule has 3 nitrogen and oxygen atoms in total. The topological polar surface area (TPSA) is 53.0 Å². The molecule has 0 unspecified atom stereocenters. The van der Waals surface area contributed by atoms with Gasteiger partial charge in [0.2, 0.25) is 0 Å². The number of hydrogen-bond acceptors (Lipinski definition) is 2. The number of carbonyl (C=O) groups excluding carboxylic acids is 1. The van der Waals surface area contributed by atoms with Gasteiger partial charge >= 0.3 is 0 Å². The van der Waals surface area contributed by atoms with Crippen LogP contribution in [0.4, 0.5) is 0 Å². The van der Waals surface area contributed by atoms with Crippen LogP contribution in [0.25, 0.3) is 0 Å². The van der Waals surface area contributed by atoms with Crippen LogP contribution in [0.2, 0.25) is 0 Å². The lowest BCUT2D eigenvalue weighted by Crippen LogP contribution is -2.29. The normalized spacial score (nSPS) is 14.0. The largest absolute Gasteiger partial charge is 0.346 e. The first kappa shape index (κ1) is 18.4. The lowest BCUT2D eigenvalue weighted by Gasteiger charge is -2.12. The molecule has 0 saturated heterocycles. The van der Waals surface area contributed by atoms with Crippen molar-refractivity contribution in [1.29, 1.82) is 5.41 Å². The van der Waals surface area contributed by atoms with Gasteiger partial charge in [-0.1, -0.05) is 51.5 Å². The minimum atomic E-state index is -0.0738. The van der Waals surface area contributed by atoms with E-state index in [-0.39, 0.29) is 5.91 Å². The molecule has 0 aliphatic heterocycles. The number of allylic oxidation sites excluding steroid dienone is 3. The number of carbonyl (C=O) groups is 1. The molecular formula is C17H28N2O. The van der Waals surface area contributed by atoms with Gasteiger partial charge in [-0.2, -0.15) is 0 Å². The zero-order chi connectivity index (χ0) is 15.4. The summed E-state index contributed by atoms with van der Waals surface area (Å²) >= 11 is 0. The molecule has 1 aliphatic rings. The van der Waals surface area contributed by atoms with E-state index in [1.54, 1.807) is 6.08 Å². The molecule has 0 spiro atoms. The van der Waals surface area contributed by atoms with Crippen LogP contribution in [0.1, 0.15) is 53.4 Å². The van der Waals surface area contributed by atoms with Gasteiger partial charge in [0, 0.05) is 5.57 Å². The molecule has 1 rings (SSSR count). The van der Waals surface area contributed by atoms with Crippen LogP contribution in [0, 0.1) is 5.41 Å². The maximum absolute atomic E-state index is 11.9. The lowest BCUT2D eigenvalue weighted by atomic mass is 9.97. The Kier molecular flexibility index (Phi) is 10.3. The molecule has 0 saturated carbocycles. The fourth-order valence-corrected chi connectivity index (χ4v) is 1.80. The fraction of sp³-hybridized carbons (Fsp3) is 0.529. The zero-order valence-corrected chi connectivity index (χ0v) is 13.3. The summed E-state index contributed by atoms with van der Waals surface area (Å²) in [6.07, 6.45) is 11.5. The highest BCUT2D eigenvalue weighted by Crippen LogP contribution is 2.19. The maximum atomic E-state index is 11.9. The van der Waals surface area contributed by atoms with Crippen LogP contribution in [-0.4, -0.2) is 18.2 Å². The van der Waals surface area contributed by atoms with Crippen LogP contribution >= 0.6 is 0 Å². The highest BCUT2D eigenvalue weighted by Gasteiger charge is 2.11. The smallest absolute Gasteiger partial charge is 0.251 e. The highest BCUT2D eigenvalue weighted by atomic mass is 16.1. The van der Waals surface area contributed by atoms with Crippen molar-refractivity contribution in [3.63, 3.8) is 0 Å². The fourth-order valence-electron chi connectivity index (χ4n) is 1.80. The standard InChI is InChI=1S/C15H22N2O.C2H6/c1-3-5-9-14(16)11-17-15(18)13-8-6-7-12(4-2)10-13;1-2/h5,8-10,16H,3-4,6-7,11H2,1-2H3,(H,17,18);1-2H3/b9-5-,16-14?;. The van der Waals surface area contributed by atoms with E-state index in [2.05, 4.69) is 12.2 Å². The van der Waals surface area contributed by atoms with Gasteiger partial charge in [-0.3, -0.25) is 4.79 Å². The van der Waals surface area contributed by atoms with Crippen LogP contribution in [0.15, 0.2) is 35.5 Å². The Hall–Kier alpha value is -1.64. The van der Waals surface area contributed by atoms with Gasteiger partial charge < -0.3 is 10.7 Å². The van der Waals surface area contributed by atoms with E-state index in [0.717, 1.165) is 31.3 Å². The van der Waals surface area contributed by atoms with Gasteiger partial charge in [-0.05, 0) is 31.8 Å². The molecule has 20 heavy (non-hydrogen) atoms. The van der Waals surface area contributed by atoms with E-state index in [1.165, 1.54) is 5.57 Å². The zero-order valence-electron chi connectivity index (χ0n) is 13.3. The molecule has 0 atom stereocenters. The summed E-state index contributed by atoms with van der Waals surface area (Å²) in [6.45, 7) is 8.42. The van der Waals surface area contributed by atoms with E-state index in [1.807, 2.05) is 39.0 Å². The molecule has 0 bridgehead atoms. The molecule has 0 heterocycles. The highest BCUT2D eigenvalue weighted by molar-refractivity contribution is 6.01. The monoisotopic (exact) mass is 276 g/mol. The summed E-state index contributed by atoms with van der Waals surface area (Å²) in [5.74, 6) is -0.0738. The van der Waals surface area contributed by atoms with E-state index in [0.29, 0.717) is 12.3 Å². The molecule has 112 valence electrons. The first-order chi connectivity index (χ1) is 9.67. The van der Waals surface area contributed by atoms with Gasteiger partial charge in [0.25, 0.3) is 5.91 Å². The summed E-state index contributed by atoms with van der Waals surface area (Å²) in [5, 5.41) is 10.4. The maximum Gasteiger partial charge on any atom is 0.251 e. The van der Waals surface area contributed by atoms with Crippen molar-refractivity contribution >= 4 is 11.6 Å². The molecule has 0 fully saturated rings. The van der Waals surface area contributed by atoms with Crippen molar-refractivity contribution in [1.82, 2.24) is 5.32 Å². The van der Waals surface area contributed by atoms with Gasteiger partial charge in [0.1, 0.15) is 0 Å². The molecule has 3 heteroatoms. The summed E-state index contributed by atoms with van der Waals surface area (Å²) in [7, 11) is 0. The predicted molar refractivity (Wildman–Crippen MR) is 87.2 cm³/mol. The third kappa shape index (κ3) is 7.07. The van der Waals surface area contributed by atoms with Crippen molar-refractivity contribution in [2.45, 2.75) is 53.4 Å². The second-order valence-corrected chi connectivity index (χ2v) is 4.37. The molecule has 0 aromatic heterocycles. The van der Waals surface area contributed by atoms with E-state index in [4.69, 9.17) is 5.41 Å². The average Bonchev–Trinajstić information content (AvgIpc) is 2.52. The van der Waals surface area contributed by atoms with E-state index < -0.39 is 0 Å². The Morgan fingerprint density at radius 2 is 2.10 bits per heavy atom. The van der Waals surface area contributed by atoms with Gasteiger partial charge in [-0.15, -0.1) is 0 Å². The van der Waals surface area contributed by atoms with Gasteiger partial charge in [-0.25, -0.2) is 0 Å². The number of nitrogens with one attached hydrogen (secondary N) is 2. The number of amides is 1. The minimum Gasteiger partial charge on any atom is -0.346 e. The number of rotatable bonds is 6. The van der Waals surface area contributed by atoms with Crippen LogP contribution in [0.5, 0.6) is 0 Å². The Labute approximate surface area is 123 Å². The molecule has 1 amide bonds. The minimum absolute atomic E-state index is 0.0738. The van der Waals surface area contributed by atoms with Crippen molar-refractivity contribution in [2.24, 2.45) is 0 Å². The van der Waals surface area contributed by atoms with E-state index >= 15 is 0 Å². The van der Waals surface area contributed by atoms with Crippen LogP contribution < -0.4 is 5.32 Å². The van der Waals surface area contributed by atoms with Crippen molar-refractivity contribution in [2.75, 3.05) is 6.54 Å². The van der Waals surface area contributed by atoms with Crippen molar-refractivity contribution in [3.8, 4) is 0 Å². The quantitative estimate of drug-likeness (QED) is 0.703. The van der Waals surface area contributed by atoms with E-state index in [9.17, 15) is 4.79 Å². The first-order valence-electron chi connectivity index (χ1n) is 7.59. The first-order valence-corrected chi connectivity index (χ1v) is 7.59. The Balaban J connectivity index is 0.00000172. The molecule has 1 aliphatic carbocycles. The summed E-state index contributed by atoms with van der Waals surface area (Å²) < 4.78 is 0. The molecule has 0 aromatic rings. The Bertz CT molecular complexity index is 403. The van der Waals surface area contributed by atoms with Crippen molar-refractivity contribution < 1.29 is 4.79 Å². The summed E-state index contributed by atoms with van der Waals surface area (Å²) in [4.78, 5) is 11.9. The third-order valence-electron chi connectivity index (χ3n) is 2.90. The molecule has 0 radical (unpaired) electrons. The van der Waals surface area contributed by atoms with Crippen LogP contribution in [0.3, 0.4) is 0 Å². The molecule has 0 aromatic carbocycles. The number of hydrogen-bond donors (Lipinski definition) is 2. The van der Waals surface area contributed by atoms with Crippen molar-refractivity contribution in [3.05, 3.63) is 35.5 Å². The summed E-state index contributed by atoms with van der Waals surface area (Å²) in [6, 6.07) is 0. The SMILES string of the molecule is CC.CC/C=C\C(=N)CNC(=O)C1=CCCC(CC)=C1. The summed E-state index contributed by atoms with van der Waals surface area (Å²) in [5.41, 5.74) is 2.50. The van der Waals surface area contributed by atoms with Gasteiger partial charge in [0.05, 0.1) is 12.3 Å².